The molecule has 0 bridgehead atoms. The van der Waals surface area contributed by atoms with Crippen LogP contribution in [0.5, 0.6) is 11.5 Å². The molecule has 7 nitrogen and oxygen atoms in total. The summed E-state index contributed by atoms with van der Waals surface area (Å²) in [5.74, 6) is -33.6. The van der Waals surface area contributed by atoms with Crippen LogP contribution in [-0.4, -0.2) is 65.6 Å². The zero-order valence-electron chi connectivity index (χ0n) is 19.0. The monoisotopic (exact) mass is 631 g/mol. The van der Waals surface area contributed by atoms with Crippen LogP contribution in [0, 0.1) is 0 Å². The molecule has 0 radical (unpaired) electrons. The van der Waals surface area contributed by atoms with Gasteiger partial charge in [-0.25, -0.2) is 19.4 Å². The van der Waals surface area contributed by atoms with Crippen molar-refractivity contribution in [2.24, 2.45) is 4.99 Å². The highest BCUT2D eigenvalue weighted by Gasteiger charge is 2.67. The number of hydrogen-bond acceptors (Lipinski definition) is 7. The van der Waals surface area contributed by atoms with E-state index in [4.69, 9.17) is 0 Å². The molecule has 0 amide bonds. The summed E-state index contributed by atoms with van der Waals surface area (Å²) < 4.78 is 204. The molecule has 22 heteroatoms. The third kappa shape index (κ3) is 6.29. The second kappa shape index (κ2) is 9.96. The van der Waals surface area contributed by atoms with Crippen LogP contribution in [0.25, 0.3) is 0 Å². The van der Waals surface area contributed by atoms with Crippen molar-refractivity contribution in [2.75, 3.05) is 0 Å². The number of carbonyl (C=O) groups is 3. The minimum absolute atomic E-state index is 0.0205. The fraction of sp³-hybridized carbons (Fsp3) is 0.474. The molecule has 1 aromatic carbocycles. The number of benzene rings is 1. The number of cyclic esters (lactones) is 1. The fourth-order valence-electron chi connectivity index (χ4n) is 2.64. The van der Waals surface area contributed by atoms with Crippen molar-refractivity contribution in [2.45, 2.75) is 55.2 Å². The number of esters is 3. The summed E-state index contributed by atoms with van der Waals surface area (Å²) in [6, 6.07) is 0.501. The van der Waals surface area contributed by atoms with Gasteiger partial charge >= 0.3 is 54.2 Å². The maximum atomic E-state index is 13.5. The number of ether oxygens (including phenoxy) is 3. The SMILES string of the molecule is C[C@@]1(Cc2ccc(OC(=O)C(F)(F)C(F)(F)F)c(OC(=O)C(F)(F)C(F)(F)F)c2)N=C(C(F)(F)C(F)(F)F)OC1=O. The summed E-state index contributed by atoms with van der Waals surface area (Å²) in [5.41, 5.74) is -3.51. The van der Waals surface area contributed by atoms with Gasteiger partial charge in [-0.15, -0.1) is 0 Å². The lowest BCUT2D eigenvalue weighted by atomic mass is 9.94. The zero-order valence-corrected chi connectivity index (χ0v) is 19.0. The Kier molecular flexibility index (Phi) is 8.13. The van der Waals surface area contributed by atoms with E-state index in [1.165, 1.54) is 0 Å². The summed E-state index contributed by atoms with van der Waals surface area (Å²) in [4.78, 5) is 37.6. The molecule has 1 aliphatic rings. The average Bonchev–Trinajstić information content (AvgIpc) is 3.07. The van der Waals surface area contributed by atoms with Gasteiger partial charge in [-0.2, -0.15) is 65.9 Å². The van der Waals surface area contributed by atoms with Gasteiger partial charge in [0.15, 0.2) is 17.0 Å². The van der Waals surface area contributed by atoms with Crippen LogP contribution in [0.2, 0.25) is 0 Å². The summed E-state index contributed by atoms with van der Waals surface area (Å²) >= 11 is 0. The summed E-state index contributed by atoms with van der Waals surface area (Å²) in [6.07, 6.45) is -20.8. The first-order valence-electron chi connectivity index (χ1n) is 9.81. The number of carbonyl (C=O) groups excluding carboxylic acids is 3. The van der Waals surface area contributed by atoms with Crippen molar-refractivity contribution >= 4 is 23.8 Å². The Labute approximate surface area is 214 Å². The number of hydrogen-bond donors (Lipinski definition) is 0. The highest BCUT2D eigenvalue weighted by molar-refractivity contribution is 6.03. The van der Waals surface area contributed by atoms with Gasteiger partial charge in [0.25, 0.3) is 5.90 Å². The van der Waals surface area contributed by atoms with Crippen LogP contribution < -0.4 is 9.47 Å². The third-order valence-electron chi connectivity index (χ3n) is 4.79. The first-order valence-corrected chi connectivity index (χ1v) is 9.81. The van der Waals surface area contributed by atoms with Crippen molar-refractivity contribution in [3.8, 4) is 11.5 Å². The Morgan fingerprint density at radius 2 is 1.20 bits per heavy atom. The molecule has 0 aromatic heterocycles. The Morgan fingerprint density at radius 3 is 1.61 bits per heavy atom. The molecule has 0 saturated heterocycles. The Bertz CT molecular complexity index is 1260. The number of alkyl halides is 15. The molecular formula is C19H8F15NO6. The van der Waals surface area contributed by atoms with Gasteiger partial charge in [-0.05, 0) is 24.6 Å². The predicted octanol–water partition coefficient (Wildman–Crippen LogP) is 5.35. The Morgan fingerprint density at radius 1 is 0.756 bits per heavy atom. The van der Waals surface area contributed by atoms with E-state index in [9.17, 15) is 80.2 Å². The fourth-order valence-corrected chi connectivity index (χ4v) is 2.64. The van der Waals surface area contributed by atoms with Crippen molar-refractivity contribution in [1.29, 1.82) is 0 Å². The minimum atomic E-state index is -6.66. The largest absolute Gasteiger partial charge is 0.465 e. The minimum Gasteiger partial charge on any atom is -0.418 e. The highest BCUT2D eigenvalue weighted by Crippen LogP contribution is 2.43. The number of aliphatic imine (C=N–C) groups is 1. The molecule has 230 valence electrons. The van der Waals surface area contributed by atoms with Crippen LogP contribution in [0.3, 0.4) is 0 Å². The smallest absolute Gasteiger partial charge is 0.418 e. The lowest BCUT2D eigenvalue weighted by molar-refractivity contribution is -0.277. The van der Waals surface area contributed by atoms with E-state index in [2.05, 4.69) is 19.2 Å². The van der Waals surface area contributed by atoms with Crippen LogP contribution in [0.1, 0.15) is 12.5 Å². The maximum absolute atomic E-state index is 13.5. The molecule has 1 aliphatic heterocycles. The van der Waals surface area contributed by atoms with Gasteiger partial charge in [0, 0.05) is 6.42 Å². The van der Waals surface area contributed by atoms with Crippen LogP contribution in [0.15, 0.2) is 23.2 Å². The van der Waals surface area contributed by atoms with E-state index in [-0.39, 0.29) is 12.1 Å². The van der Waals surface area contributed by atoms with Crippen molar-refractivity contribution in [1.82, 2.24) is 0 Å². The number of nitrogens with zero attached hydrogens (tertiary/aromatic N) is 1. The topological polar surface area (TPSA) is 91.3 Å². The number of halogens is 15. The van der Waals surface area contributed by atoms with Gasteiger partial charge in [0.05, 0.1) is 0 Å². The van der Waals surface area contributed by atoms with E-state index >= 15 is 0 Å². The molecule has 0 aliphatic carbocycles. The summed E-state index contributed by atoms with van der Waals surface area (Å²) in [7, 11) is 0. The predicted molar refractivity (Wildman–Crippen MR) is 96.4 cm³/mol. The van der Waals surface area contributed by atoms with Crippen molar-refractivity contribution in [3.05, 3.63) is 23.8 Å². The molecule has 2 rings (SSSR count). The van der Waals surface area contributed by atoms with Crippen LogP contribution in [0.4, 0.5) is 65.9 Å². The van der Waals surface area contributed by atoms with Gasteiger partial charge < -0.3 is 14.2 Å². The zero-order chi connectivity index (χ0) is 32.2. The van der Waals surface area contributed by atoms with Crippen molar-refractivity contribution < 1.29 is 94.5 Å². The second-order valence-electron chi connectivity index (χ2n) is 8.03. The molecule has 1 aromatic rings. The lowest BCUT2D eigenvalue weighted by Gasteiger charge is -2.21. The normalized spacial score (nSPS) is 19.0. The van der Waals surface area contributed by atoms with Crippen molar-refractivity contribution in [3.63, 3.8) is 0 Å². The molecule has 0 fully saturated rings. The molecule has 1 atom stereocenters. The summed E-state index contributed by atoms with van der Waals surface area (Å²) in [6.45, 7) is 0.552. The maximum Gasteiger partial charge on any atom is 0.465 e. The molecule has 0 spiro atoms. The third-order valence-corrected chi connectivity index (χ3v) is 4.79. The molecule has 0 unspecified atom stereocenters. The van der Waals surface area contributed by atoms with E-state index in [0.717, 1.165) is 0 Å². The van der Waals surface area contributed by atoms with Gasteiger partial charge in [0.1, 0.15) is 0 Å². The first-order chi connectivity index (χ1) is 18.1. The van der Waals surface area contributed by atoms with Crippen LogP contribution in [-0.2, 0) is 25.5 Å². The number of rotatable bonds is 7. The molecule has 0 saturated carbocycles. The molecule has 1 heterocycles. The lowest BCUT2D eigenvalue weighted by Crippen LogP contribution is -2.47. The second-order valence-corrected chi connectivity index (χ2v) is 8.03. The Balaban J connectivity index is 2.56. The van der Waals surface area contributed by atoms with E-state index in [0.29, 0.717) is 13.0 Å². The average molecular weight is 631 g/mol. The van der Waals surface area contributed by atoms with E-state index in [1.807, 2.05) is 0 Å². The van der Waals surface area contributed by atoms with Gasteiger partial charge in [-0.3, -0.25) is 0 Å². The van der Waals surface area contributed by atoms with E-state index < -0.39 is 89.1 Å². The standard InChI is InChI=1S/C19H8F15NO6/c1-13(10(36)41-9(35-13)14(20,21)17(26,27)28)5-6-2-3-7(39-11(37)15(22,23)18(29,30)31)8(4-6)40-12(38)16(24,25)19(32,33)34/h2-4H,5H2,1H3/t13-/m0/s1. The molecule has 41 heavy (non-hydrogen) atoms. The summed E-state index contributed by atoms with van der Waals surface area (Å²) in [5, 5.41) is 0. The van der Waals surface area contributed by atoms with Gasteiger partial charge in [0.2, 0.25) is 0 Å². The highest BCUT2D eigenvalue weighted by atomic mass is 19.4. The quantitative estimate of drug-likeness (QED) is 0.229. The Hall–Kier alpha value is -3.75. The van der Waals surface area contributed by atoms with Gasteiger partial charge in [-0.1, -0.05) is 6.07 Å². The first kappa shape index (κ1) is 33.5. The molecular weight excluding hydrogens is 623 g/mol. The molecule has 0 N–H and O–H groups in total. The van der Waals surface area contributed by atoms with E-state index in [1.54, 1.807) is 0 Å². The van der Waals surface area contributed by atoms with Crippen LogP contribution >= 0.6 is 0 Å².